The summed E-state index contributed by atoms with van der Waals surface area (Å²) in [6.07, 6.45) is -2.58. The predicted molar refractivity (Wildman–Crippen MR) is 63.0 cm³/mol. The van der Waals surface area contributed by atoms with Crippen molar-refractivity contribution in [3.63, 3.8) is 0 Å². The largest absolute Gasteiger partial charge is 0.405 e. The van der Waals surface area contributed by atoms with Crippen LogP contribution in [0.4, 0.5) is 22.0 Å². The van der Waals surface area contributed by atoms with E-state index < -0.39 is 28.1 Å². The lowest BCUT2D eigenvalue weighted by molar-refractivity contribution is -0.129. The van der Waals surface area contributed by atoms with Gasteiger partial charge in [0.2, 0.25) is 5.95 Å². The zero-order valence-corrected chi connectivity index (χ0v) is 10.7. The number of thiol groups is 1. The molecule has 102 valence electrons. The molecule has 2 nitrogen and oxygen atoms in total. The quantitative estimate of drug-likeness (QED) is 0.669. The molecule has 0 saturated heterocycles. The highest BCUT2D eigenvalue weighted by molar-refractivity contribution is 7.80. The van der Waals surface area contributed by atoms with Gasteiger partial charge in [-0.15, -0.1) is 11.3 Å². The summed E-state index contributed by atoms with van der Waals surface area (Å²) in [5.74, 6) is -1.95. The van der Waals surface area contributed by atoms with Gasteiger partial charge < -0.3 is 0 Å². The molecule has 0 amide bonds. The fourth-order valence-electron chi connectivity index (χ4n) is 1.28. The Morgan fingerprint density at radius 3 is 2.47 bits per heavy atom. The summed E-state index contributed by atoms with van der Waals surface area (Å²) in [7, 11) is 0. The van der Waals surface area contributed by atoms with Gasteiger partial charge in [0.15, 0.2) is 0 Å². The van der Waals surface area contributed by atoms with Crippen LogP contribution in [0.3, 0.4) is 0 Å². The first-order valence-corrected chi connectivity index (χ1v) is 6.14. The van der Waals surface area contributed by atoms with Crippen LogP contribution in [-0.4, -0.2) is 16.1 Å². The van der Waals surface area contributed by atoms with Crippen LogP contribution < -0.4 is 0 Å². The van der Waals surface area contributed by atoms with Crippen molar-refractivity contribution in [3.8, 4) is 10.6 Å². The van der Waals surface area contributed by atoms with Crippen LogP contribution >= 0.6 is 24.0 Å². The van der Waals surface area contributed by atoms with Gasteiger partial charge in [-0.3, -0.25) is 4.98 Å². The Morgan fingerprint density at radius 2 is 1.89 bits per heavy atom. The summed E-state index contributed by atoms with van der Waals surface area (Å²) < 4.78 is 63.7. The summed E-state index contributed by atoms with van der Waals surface area (Å²) in [5.41, 5.74) is 0.109. The number of alkyl halides is 3. The zero-order chi connectivity index (χ0) is 14.2. The van der Waals surface area contributed by atoms with Crippen LogP contribution in [0.25, 0.3) is 10.6 Å². The zero-order valence-electron chi connectivity index (χ0n) is 8.95. The van der Waals surface area contributed by atoms with Crippen molar-refractivity contribution in [2.75, 3.05) is 0 Å². The Balaban J connectivity index is 2.42. The number of pyridine rings is 1. The molecule has 0 aromatic carbocycles. The number of hydrogen-bond acceptors (Lipinski definition) is 4. The van der Waals surface area contributed by atoms with Crippen LogP contribution in [0.1, 0.15) is 10.1 Å². The van der Waals surface area contributed by atoms with E-state index in [0.717, 1.165) is 12.3 Å². The van der Waals surface area contributed by atoms with Gasteiger partial charge in [-0.2, -0.15) is 30.2 Å². The molecule has 0 N–H and O–H groups in total. The van der Waals surface area contributed by atoms with Gasteiger partial charge in [0, 0.05) is 11.8 Å². The van der Waals surface area contributed by atoms with Crippen LogP contribution in [0.5, 0.6) is 0 Å². The topological polar surface area (TPSA) is 25.8 Å². The molecular formula is C10H5F5N2S2. The van der Waals surface area contributed by atoms with Crippen LogP contribution in [0, 0.1) is 11.8 Å². The lowest BCUT2D eigenvalue weighted by atomic mass is 10.3. The molecule has 0 saturated carbocycles. The minimum atomic E-state index is -4.69. The van der Waals surface area contributed by atoms with Crippen molar-refractivity contribution >= 4 is 24.0 Å². The monoisotopic (exact) mass is 312 g/mol. The van der Waals surface area contributed by atoms with E-state index in [1.807, 2.05) is 0 Å². The first-order valence-electron chi connectivity index (χ1n) is 4.81. The van der Waals surface area contributed by atoms with Crippen molar-refractivity contribution < 1.29 is 22.0 Å². The molecule has 9 heteroatoms. The SMILES string of the molecule is Fc1cncc(-c2nc(F)c(C(S)C(F)(F)F)s2)c1. The molecule has 19 heavy (non-hydrogen) atoms. The average Bonchev–Trinajstić information content (AvgIpc) is 2.69. The van der Waals surface area contributed by atoms with Crippen molar-refractivity contribution in [3.05, 3.63) is 35.1 Å². The molecule has 2 aromatic heterocycles. The number of hydrogen-bond donors (Lipinski definition) is 1. The highest BCUT2D eigenvalue weighted by atomic mass is 32.1. The third-order valence-corrected chi connectivity index (χ3v) is 3.99. The van der Waals surface area contributed by atoms with E-state index in [0.29, 0.717) is 11.3 Å². The van der Waals surface area contributed by atoms with Gasteiger partial charge >= 0.3 is 6.18 Å². The molecule has 0 spiro atoms. The van der Waals surface area contributed by atoms with E-state index in [1.54, 1.807) is 0 Å². The molecule has 0 fully saturated rings. The summed E-state index contributed by atoms with van der Waals surface area (Å²) in [6, 6.07) is 1.01. The lowest BCUT2D eigenvalue weighted by Crippen LogP contribution is -2.15. The summed E-state index contributed by atoms with van der Waals surface area (Å²) in [6.45, 7) is 0. The van der Waals surface area contributed by atoms with Gasteiger partial charge in [-0.05, 0) is 6.07 Å². The van der Waals surface area contributed by atoms with E-state index in [2.05, 4.69) is 22.6 Å². The van der Waals surface area contributed by atoms with Crippen molar-refractivity contribution in [2.24, 2.45) is 0 Å². The average molecular weight is 312 g/mol. The van der Waals surface area contributed by atoms with Crippen LogP contribution in [0.15, 0.2) is 18.5 Å². The second-order valence-corrected chi connectivity index (χ2v) is 5.06. The number of nitrogens with zero attached hydrogens (tertiary/aromatic N) is 2. The first kappa shape index (κ1) is 14.2. The molecule has 1 atom stereocenters. The molecule has 0 aliphatic heterocycles. The third-order valence-electron chi connectivity index (χ3n) is 2.12. The molecule has 2 rings (SSSR count). The molecule has 1 unspecified atom stereocenters. The smallest absolute Gasteiger partial charge is 0.261 e. The minimum absolute atomic E-state index is 0.0807. The molecule has 0 aliphatic carbocycles. The van der Waals surface area contributed by atoms with E-state index in [4.69, 9.17) is 0 Å². The van der Waals surface area contributed by atoms with Crippen LogP contribution in [0.2, 0.25) is 0 Å². The van der Waals surface area contributed by atoms with Crippen LogP contribution in [-0.2, 0) is 0 Å². The highest BCUT2D eigenvalue weighted by Gasteiger charge is 2.41. The van der Waals surface area contributed by atoms with Gasteiger partial charge in [0.05, 0.1) is 11.1 Å². The van der Waals surface area contributed by atoms with E-state index in [-0.39, 0.29) is 10.6 Å². The van der Waals surface area contributed by atoms with Gasteiger partial charge in [-0.25, -0.2) is 9.37 Å². The number of thiazole rings is 1. The molecular weight excluding hydrogens is 307 g/mol. The molecule has 2 aromatic rings. The minimum Gasteiger partial charge on any atom is -0.261 e. The van der Waals surface area contributed by atoms with E-state index in [9.17, 15) is 22.0 Å². The summed E-state index contributed by atoms with van der Waals surface area (Å²) in [5, 5.41) is -2.34. The normalized spacial score (nSPS) is 13.6. The number of aromatic nitrogens is 2. The Kier molecular flexibility index (Phi) is 3.77. The lowest BCUT2D eigenvalue weighted by Gasteiger charge is -2.11. The maximum Gasteiger partial charge on any atom is 0.405 e. The Labute approximate surface area is 113 Å². The summed E-state index contributed by atoms with van der Waals surface area (Å²) in [4.78, 5) is 6.22. The van der Waals surface area contributed by atoms with Crippen molar-refractivity contribution in [1.29, 1.82) is 0 Å². The van der Waals surface area contributed by atoms with Gasteiger partial charge in [0.1, 0.15) is 16.1 Å². The molecule has 2 heterocycles. The maximum atomic E-state index is 13.4. The van der Waals surface area contributed by atoms with Crippen molar-refractivity contribution in [2.45, 2.75) is 11.4 Å². The Hall–Kier alpha value is -1.22. The van der Waals surface area contributed by atoms with E-state index in [1.165, 1.54) is 6.20 Å². The fraction of sp³-hybridized carbons (Fsp3) is 0.200. The Morgan fingerprint density at radius 1 is 1.21 bits per heavy atom. The highest BCUT2D eigenvalue weighted by Crippen LogP contribution is 2.42. The molecule has 0 bridgehead atoms. The summed E-state index contributed by atoms with van der Waals surface area (Å²) >= 11 is 3.80. The maximum absolute atomic E-state index is 13.4. The standard InChI is InChI=1S/C10H5F5N2S2/c11-5-1-4(2-16-3-5)9-17-8(12)6(19-9)7(18)10(13,14)15/h1-3,7,18H. The van der Waals surface area contributed by atoms with Crippen molar-refractivity contribution in [1.82, 2.24) is 9.97 Å². The Bertz CT molecular complexity index is 596. The van der Waals surface area contributed by atoms with Gasteiger partial charge in [0.25, 0.3) is 0 Å². The second-order valence-electron chi connectivity index (χ2n) is 3.51. The fourth-order valence-corrected chi connectivity index (χ4v) is 2.49. The molecule has 0 radical (unpaired) electrons. The second kappa shape index (κ2) is 5.04. The molecule has 0 aliphatic rings. The van der Waals surface area contributed by atoms with E-state index >= 15 is 0 Å². The first-order chi connectivity index (χ1) is 8.79. The third kappa shape index (κ3) is 3.03. The number of halogens is 5. The van der Waals surface area contributed by atoms with Gasteiger partial charge in [-0.1, -0.05) is 0 Å². The predicted octanol–water partition coefficient (Wildman–Crippen LogP) is 4.02. The number of rotatable bonds is 2.